The Labute approximate surface area is 119 Å². The fourth-order valence-corrected chi connectivity index (χ4v) is 1.27. The van der Waals surface area contributed by atoms with Gasteiger partial charge in [-0.15, -0.1) is 0 Å². The van der Waals surface area contributed by atoms with Crippen molar-refractivity contribution in [3.8, 4) is 0 Å². The first kappa shape index (κ1) is 15.9. The van der Waals surface area contributed by atoms with Crippen LogP contribution in [0.1, 0.15) is 19.4 Å². The number of pyridine rings is 1. The molecule has 1 heterocycles. The van der Waals surface area contributed by atoms with E-state index in [1.165, 1.54) is 0 Å². The molecular weight excluding hydrogens is 428 g/mol. The normalized spacial score (nSPS) is 8.56. The molecule has 0 saturated heterocycles. The standard InChI is InChI=1S/C10H9NO.C2H6.I2/c1-7-6-11-9-5-3-2-4-8(9)10(7)12;2*1-2/h2-6H,1H3,(H,11,12);1-2H3;. The molecule has 2 rings (SSSR count). The van der Waals surface area contributed by atoms with Crippen LogP contribution >= 0.6 is 37.2 Å². The van der Waals surface area contributed by atoms with Crippen molar-refractivity contribution in [2.24, 2.45) is 0 Å². The highest BCUT2D eigenvalue weighted by Gasteiger charge is 1.98. The van der Waals surface area contributed by atoms with E-state index in [1.54, 1.807) is 6.20 Å². The van der Waals surface area contributed by atoms with Crippen LogP contribution in [0.15, 0.2) is 35.3 Å². The Morgan fingerprint density at radius 2 is 1.69 bits per heavy atom. The summed E-state index contributed by atoms with van der Waals surface area (Å²) in [5, 5.41) is 0.762. The van der Waals surface area contributed by atoms with E-state index in [4.69, 9.17) is 0 Å². The molecule has 0 saturated carbocycles. The van der Waals surface area contributed by atoms with E-state index < -0.39 is 0 Å². The number of aryl methyl sites for hydroxylation is 1. The van der Waals surface area contributed by atoms with Gasteiger partial charge in [0, 0.05) is 59.9 Å². The fraction of sp³-hybridized carbons (Fsp3) is 0.250. The van der Waals surface area contributed by atoms with E-state index in [2.05, 4.69) is 42.2 Å². The molecule has 16 heavy (non-hydrogen) atoms. The van der Waals surface area contributed by atoms with Crippen molar-refractivity contribution >= 4 is 48.1 Å². The lowest BCUT2D eigenvalue weighted by Crippen LogP contribution is -2.05. The predicted molar refractivity (Wildman–Crippen MR) is 88.7 cm³/mol. The van der Waals surface area contributed by atoms with Gasteiger partial charge in [0.15, 0.2) is 5.43 Å². The molecule has 88 valence electrons. The van der Waals surface area contributed by atoms with Crippen molar-refractivity contribution in [2.45, 2.75) is 20.8 Å². The Hall–Kier alpha value is -0.110. The number of H-pyrrole nitrogens is 1. The van der Waals surface area contributed by atoms with Gasteiger partial charge >= 0.3 is 0 Å². The zero-order valence-corrected chi connectivity index (χ0v) is 13.9. The van der Waals surface area contributed by atoms with Gasteiger partial charge in [0.05, 0.1) is 0 Å². The average molecular weight is 443 g/mol. The quantitative estimate of drug-likeness (QED) is 0.592. The zero-order valence-electron chi connectivity index (χ0n) is 9.55. The van der Waals surface area contributed by atoms with Crippen molar-refractivity contribution in [1.82, 2.24) is 4.98 Å². The van der Waals surface area contributed by atoms with E-state index in [9.17, 15) is 4.79 Å². The summed E-state index contributed by atoms with van der Waals surface area (Å²) in [6.07, 6.45) is 1.74. The van der Waals surface area contributed by atoms with Crippen molar-refractivity contribution in [3.63, 3.8) is 0 Å². The molecule has 0 aliphatic heterocycles. The first-order chi connectivity index (χ1) is 7.79. The van der Waals surface area contributed by atoms with Gasteiger partial charge in [0.2, 0.25) is 0 Å². The number of rotatable bonds is 0. The topological polar surface area (TPSA) is 32.9 Å². The van der Waals surface area contributed by atoms with Gasteiger partial charge in [-0.2, -0.15) is 0 Å². The van der Waals surface area contributed by atoms with Crippen molar-refractivity contribution in [3.05, 3.63) is 46.2 Å². The second kappa shape index (κ2) is 8.98. The van der Waals surface area contributed by atoms with Crippen molar-refractivity contribution < 1.29 is 0 Å². The zero-order chi connectivity index (χ0) is 12.6. The molecule has 1 N–H and O–H groups in total. The van der Waals surface area contributed by atoms with Gasteiger partial charge in [-0.1, -0.05) is 26.0 Å². The van der Waals surface area contributed by atoms with Gasteiger partial charge in [0.1, 0.15) is 0 Å². The van der Waals surface area contributed by atoms with Crippen LogP contribution in [0, 0.1) is 6.92 Å². The van der Waals surface area contributed by atoms with Crippen LogP contribution in [-0.2, 0) is 0 Å². The highest BCUT2D eigenvalue weighted by atomic mass is 128. The summed E-state index contributed by atoms with van der Waals surface area (Å²) in [5.74, 6) is 0. The number of nitrogens with one attached hydrogen (secondary N) is 1. The predicted octanol–water partition coefficient (Wildman–Crippen LogP) is 4.63. The third-order valence-corrected chi connectivity index (χ3v) is 1.97. The summed E-state index contributed by atoms with van der Waals surface area (Å²) >= 11 is 4.24. The summed E-state index contributed by atoms with van der Waals surface area (Å²) in [6, 6.07) is 7.52. The van der Waals surface area contributed by atoms with Crippen LogP contribution in [0.3, 0.4) is 0 Å². The van der Waals surface area contributed by atoms with E-state index in [0.717, 1.165) is 16.5 Å². The summed E-state index contributed by atoms with van der Waals surface area (Å²) in [4.78, 5) is 14.6. The maximum Gasteiger partial charge on any atom is 0.192 e. The number of halogens is 2. The second-order valence-corrected chi connectivity index (χ2v) is 2.85. The molecule has 2 nitrogen and oxygen atoms in total. The monoisotopic (exact) mass is 443 g/mol. The highest BCUT2D eigenvalue weighted by Crippen LogP contribution is 2.05. The summed E-state index contributed by atoms with van der Waals surface area (Å²) < 4.78 is 0. The van der Waals surface area contributed by atoms with Crippen LogP contribution in [0.5, 0.6) is 0 Å². The Morgan fingerprint density at radius 1 is 1.12 bits per heavy atom. The van der Waals surface area contributed by atoms with Gasteiger partial charge < -0.3 is 4.98 Å². The molecular formula is C12H15I2NO. The lowest BCUT2D eigenvalue weighted by molar-refractivity contribution is 1.30. The minimum Gasteiger partial charge on any atom is -0.361 e. The molecule has 1 aromatic heterocycles. The molecule has 0 atom stereocenters. The Bertz CT molecular complexity index is 480. The molecule has 0 bridgehead atoms. The van der Waals surface area contributed by atoms with E-state index in [0.29, 0.717) is 0 Å². The SMILES string of the molecule is CC.Cc1c[nH]c2ccccc2c1=O.II. The minimum atomic E-state index is 0.115. The van der Waals surface area contributed by atoms with Crippen molar-refractivity contribution in [1.29, 1.82) is 0 Å². The van der Waals surface area contributed by atoms with Gasteiger partial charge in [0.25, 0.3) is 0 Å². The number of para-hydroxylation sites is 1. The third kappa shape index (κ3) is 4.04. The Balaban J connectivity index is 0.000000509. The van der Waals surface area contributed by atoms with Crippen LogP contribution in [0.2, 0.25) is 0 Å². The lowest BCUT2D eigenvalue weighted by atomic mass is 10.2. The smallest absolute Gasteiger partial charge is 0.192 e. The molecule has 0 aliphatic carbocycles. The number of benzene rings is 1. The van der Waals surface area contributed by atoms with Gasteiger partial charge in [-0.05, 0) is 19.1 Å². The molecule has 0 unspecified atom stereocenters. The van der Waals surface area contributed by atoms with E-state index in [1.807, 2.05) is 45.0 Å². The van der Waals surface area contributed by atoms with Crippen molar-refractivity contribution in [2.75, 3.05) is 0 Å². The van der Waals surface area contributed by atoms with E-state index >= 15 is 0 Å². The molecule has 0 spiro atoms. The Morgan fingerprint density at radius 3 is 2.31 bits per heavy atom. The number of aromatic nitrogens is 1. The number of hydrogen-bond donors (Lipinski definition) is 1. The molecule has 4 heteroatoms. The average Bonchev–Trinajstić information content (AvgIpc) is 2.39. The van der Waals surface area contributed by atoms with Crippen LogP contribution in [0.25, 0.3) is 10.9 Å². The molecule has 1 aromatic carbocycles. The highest BCUT2D eigenvalue weighted by molar-refractivity contribution is 15.0. The largest absolute Gasteiger partial charge is 0.361 e. The van der Waals surface area contributed by atoms with Crippen LogP contribution in [-0.4, -0.2) is 4.98 Å². The Kier molecular flexibility index (Phi) is 8.91. The molecule has 2 aromatic rings. The fourth-order valence-electron chi connectivity index (χ4n) is 1.27. The minimum absolute atomic E-state index is 0.115. The summed E-state index contributed by atoms with van der Waals surface area (Å²) in [7, 11) is 0. The number of hydrogen-bond acceptors (Lipinski definition) is 1. The maximum absolute atomic E-state index is 11.5. The molecule has 0 fully saturated rings. The van der Waals surface area contributed by atoms with Crippen LogP contribution < -0.4 is 5.43 Å². The summed E-state index contributed by atoms with van der Waals surface area (Å²) in [5.41, 5.74) is 1.77. The number of fused-ring (bicyclic) bond motifs is 1. The number of aromatic amines is 1. The third-order valence-electron chi connectivity index (χ3n) is 1.97. The van der Waals surface area contributed by atoms with Crippen LogP contribution in [0.4, 0.5) is 0 Å². The molecule has 0 radical (unpaired) electrons. The molecule has 0 amide bonds. The second-order valence-electron chi connectivity index (χ2n) is 2.85. The lowest BCUT2D eigenvalue weighted by Gasteiger charge is -1.96. The first-order valence-electron chi connectivity index (χ1n) is 5.00. The maximum atomic E-state index is 11.5. The molecule has 0 aliphatic rings. The first-order valence-corrected chi connectivity index (χ1v) is 11.3. The van der Waals surface area contributed by atoms with Gasteiger partial charge in [-0.3, -0.25) is 4.79 Å². The van der Waals surface area contributed by atoms with E-state index in [-0.39, 0.29) is 5.43 Å². The van der Waals surface area contributed by atoms with Gasteiger partial charge in [-0.25, -0.2) is 0 Å². The summed E-state index contributed by atoms with van der Waals surface area (Å²) in [6.45, 7) is 5.81.